The van der Waals surface area contributed by atoms with Crippen LogP contribution in [-0.4, -0.2) is 33.3 Å². The van der Waals surface area contributed by atoms with Crippen molar-refractivity contribution in [2.24, 2.45) is 5.41 Å². The third-order valence-electron chi connectivity index (χ3n) is 3.72. The number of amides is 1. The standard InChI is InChI=1S/C15H18N2O3/c1-17(12-4-3-5-13(10-12)19-2)14(18)15(11-16)6-8-20-9-7-15/h3-5,10H,6-9H2,1-2H3. The molecule has 1 aliphatic heterocycles. The molecular formula is C15H18N2O3. The predicted octanol–water partition coefficient (Wildman–Crippen LogP) is 1.98. The molecule has 5 nitrogen and oxygen atoms in total. The van der Waals surface area contributed by atoms with E-state index in [1.165, 1.54) is 4.90 Å². The lowest BCUT2D eigenvalue weighted by molar-refractivity contribution is -0.129. The van der Waals surface area contributed by atoms with Crippen molar-refractivity contribution in [3.05, 3.63) is 24.3 Å². The number of nitrogens with zero attached hydrogens (tertiary/aromatic N) is 2. The number of anilines is 1. The zero-order chi connectivity index (χ0) is 14.6. The molecular weight excluding hydrogens is 256 g/mol. The second kappa shape index (κ2) is 5.93. The van der Waals surface area contributed by atoms with Gasteiger partial charge >= 0.3 is 0 Å². The van der Waals surface area contributed by atoms with Gasteiger partial charge in [-0.2, -0.15) is 5.26 Å². The molecule has 1 heterocycles. The number of carbonyl (C=O) groups is 1. The summed E-state index contributed by atoms with van der Waals surface area (Å²) in [4.78, 5) is 14.2. The molecule has 2 rings (SSSR count). The first-order valence-corrected chi connectivity index (χ1v) is 6.54. The van der Waals surface area contributed by atoms with Crippen LogP contribution in [0.3, 0.4) is 0 Å². The van der Waals surface area contributed by atoms with Gasteiger partial charge in [0.05, 0.1) is 13.2 Å². The molecule has 0 unspecified atom stereocenters. The zero-order valence-corrected chi connectivity index (χ0v) is 11.8. The molecule has 5 heteroatoms. The number of nitriles is 1. The van der Waals surface area contributed by atoms with Crippen LogP contribution in [0.2, 0.25) is 0 Å². The summed E-state index contributed by atoms with van der Waals surface area (Å²) in [6, 6.07) is 9.43. The van der Waals surface area contributed by atoms with Gasteiger partial charge in [0, 0.05) is 32.0 Å². The van der Waals surface area contributed by atoms with E-state index < -0.39 is 5.41 Å². The summed E-state index contributed by atoms with van der Waals surface area (Å²) < 4.78 is 10.4. The third kappa shape index (κ3) is 2.61. The Labute approximate surface area is 118 Å². The number of hydrogen-bond donors (Lipinski definition) is 0. The van der Waals surface area contributed by atoms with Crippen molar-refractivity contribution in [3.63, 3.8) is 0 Å². The van der Waals surface area contributed by atoms with Crippen LogP contribution in [-0.2, 0) is 9.53 Å². The lowest BCUT2D eigenvalue weighted by Gasteiger charge is -2.33. The smallest absolute Gasteiger partial charge is 0.247 e. The van der Waals surface area contributed by atoms with E-state index in [2.05, 4.69) is 6.07 Å². The molecule has 0 bridgehead atoms. The lowest BCUT2D eigenvalue weighted by atomic mass is 9.80. The molecule has 0 saturated carbocycles. The Balaban J connectivity index is 2.25. The number of benzene rings is 1. The monoisotopic (exact) mass is 274 g/mol. The van der Waals surface area contributed by atoms with E-state index in [4.69, 9.17) is 9.47 Å². The Morgan fingerprint density at radius 1 is 1.45 bits per heavy atom. The average molecular weight is 274 g/mol. The van der Waals surface area contributed by atoms with Crippen molar-refractivity contribution in [2.75, 3.05) is 32.3 Å². The fourth-order valence-electron chi connectivity index (χ4n) is 2.35. The number of hydrogen-bond acceptors (Lipinski definition) is 4. The zero-order valence-electron chi connectivity index (χ0n) is 11.8. The van der Waals surface area contributed by atoms with E-state index in [0.717, 1.165) is 5.69 Å². The highest BCUT2D eigenvalue weighted by Crippen LogP contribution is 2.33. The van der Waals surface area contributed by atoms with Crippen molar-refractivity contribution >= 4 is 11.6 Å². The molecule has 106 valence electrons. The van der Waals surface area contributed by atoms with Gasteiger partial charge in [-0.3, -0.25) is 4.79 Å². The fraction of sp³-hybridized carbons (Fsp3) is 0.467. The minimum atomic E-state index is -0.976. The van der Waals surface area contributed by atoms with Crippen molar-refractivity contribution in [1.29, 1.82) is 5.26 Å². The molecule has 0 atom stereocenters. The van der Waals surface area contributed by atoms with Crippen LogP contribution in [0, 0.1) is 16.7 Å². The molecule has 20 heavy (non-hydrogen) atoms. The fourth-order valence-corrected chi connectivity index (χ4v) is 2.35. The quantitative estimate of drug-likeness (QED) is 0.845. The Morgan fingerprint density at radius 3 is 2.75 bits per heavy atom. The average Bonchev–Trinajstić information content (AvgIpc) is 2.54. The van der Waals surface area contributed by atoms with E-state index >= 15 is 0 Å². The summed E-state index contributed by atoms with van der Waals surface area (Å²) in [6.07, 6.45) is 0.882. The predicted molar refractivity (Wildman–Crippen MR) is 74.5 cm³/mol. The normalized spacial score (nSPS) is 17.1. The molecule has 0 radical (unpaired) electrons. The summed E-state index contributed by atoms with van der Waals surface area (Å²) in [5, 5.41) is 9.43. The summed E-state index contributed by atoms with van der Waals surface area (Å²) in [5.74, 6) is 0.497. The molecule has 1 amide bonds. The summed E-state index contributed by atoms with van der Waals surface area (Å²) in [5.41, 5.74) is -0.258. The maximum absolute atomic E-state index is 12.7. The molecule has 0 N–H and O–H groups in total. The van der Waals surface area contributed by atoms with E-state index in [9.17, 15) is 10.1 Å². The third-order valence-corrected chi connectivity index (χ3v) is 3.72. The van der Waals surface area contributed by atoms with Crippen LogP contribution in [0.1, 0.15) is 12.8 Å². The lowest BCUT2D eigenvalue weighted by Crippen LogP contribution is -2.44. The first-order chi connectivity index (χ1) is 9.63. The highest BCUT2D eigenvalue weighted by atomic mass is 16.5. The largest absolute Gasteiger partial charge is 0.497 e. The molecule has 0 spiro atoms. The van der Waals surface area contributed by atoms with Gasteiger partial charge in [0.1, 0.15) is 11.2 Å². The number of rotatable bonds is 3. The van der Waals surface area contributed by atoms with Crippen LogP contribution in [0.5, 0.6) is 5.75 Å². The molecule has 1 saturated heterocycles. The first kappa shape index (κ1) is 14.4. The van der Waals surface area contributed by atoms with Crippen molar-refractivity contribution in [2.45, 2.75) is 12.8 Å². The van der Waals surface area contributed by atoms with Gasteiger partial charge in [0.25, 0.3) is 0 Å². The summed E-state index contributed by atoms with van der Waals surface area (Å²) in [6.45, 7) is 0.899. The number of methoxy groups -OCH3 is 1. The highest BCUT2D eigenvalue weighted by molar-refractivity contribution is 5.99. The second-order valence-electron chi connectivity index (χ2n) is 4.87. The summed E-state index contributed by atoms with van der Waals surface area (Å²) >= 11 is 0. The van der Waals surface area contributed by atoms with Crippen LogP contribution >= 0.6 is 0 Å². The Kier molecular flexibility index (Phi) is 4.26. The van der Waals surface area contributed by atoms with Crippen molar-refractivity contribution < 1.29 is 14.3 Å². The van der Waals surface area contributed by atoms with Gasteiger partial charge in [0.2, 0.25) is 5.91 Å². The molecule has 1 aromatic carbocycles. The SMILES string of the molecule is COc1cccc(N(C)C(=O)C2(C#N)CCOCC2)c1. The van der Waals surface area contributed by atoms with Crippen molar-refractivity contribution in [3.8, 4) is 11.8 Å². The highest BCUT2D eigenvalue weighted by Gasteiger charge is 2.42. The van der Waals surface area contributed by atoms with Gasteiger partial charge in [-0.1, -0.05) is 6.07 Å². The summed E-state index contributed by atoms with van der Waals surface area (Å²) in [7, 11) is 3.27. The molecule has 1 aliphatic rings. The van der Waals surface area contributed by atoms with Gasteiger partial charge in [0.15, 0.2) is 0 Å². The van der Waals surface area contributed by atoms with Crippen LogP contribution in [0.25, 0.3) is 0 Å². The van der Waals surface area contributed by atoms with E-state index in [-0.39, 0.29) is 5.91 Å². The van der Waals surface area contributed by atoms with Crippen LogP contribution in [0.4, 0.5) is 5.69 Å². The number of carbonyl (C=O) groups excluding carboxylic acids is 1. The first-order valence-electron chi connectivity index (χ1n) is 6.54. The Bertz CT molecular complexity index is 530. The second-order valence-corrected chi connectivity index (χ2v) is 4.87. The van der Waals surface area contributed by atoms with Gasteiger partial charge in [-0.25, -0.2) is 0 Å². The van der Waals surface area contributed by atoms with Crippen LogP contribution < -0.4 is 9.64 Å². The van der Waals surface area contributed by atoms with E-state index in [1.807, 2.05) is 18.2 Å². The van der Waals surface area contributed by atoms with Gasteiger partial charge < -0.3 is 14.4 Å². The molecule has 1 fully saturated rings. The molecule has 1 aromatic rings. The van der Waals surface area contributed by atoms with Crippen LogP contribution in [0.15, 0.2) is 24.3 Å². The maximum atomic E-state index is 12.7. The van der Waals surface area contributed by atoms with Crippen molar-refractivity contribution in [1.82, 2.24) is 0 Å². The van der Waals surface area contributed by atoms with Gasteiger partial charge in [-0.05, 0) is 25.0 Å². The Morgan fingerprint density at radius 2 is 2.15 bits per heavy atom. The molecule has 0 aliphatic carbocycles. The number of ether oxygens (including phenoxy) is 2. The molecule has 0 aromatic heterocycles. The van der Waals surface area contributed by atoms with Gasteiger partial charge in [-0.15, -0.1) is 0 Å². The van der Waals surface area contributed by atoms with E-state index in [0.29, 0.717) is 31.8 Å². The maximum Gasteiger partial charge on any atom is 0.247 e. The van der Waals surface area contributed by atoms with E-state index in [1.54, 1.807) is 20.2 Å². The Hall–Kier alpha value is -2.06. The topological polar surface area (TPSA) is 62.6 Å². The minimum absolute atomic E-state index is 0.184. The minimum Gasteiger partial charge on any atom is -0.497 e.